The van der Waals surface area contributed by atoms with Crippen molar-refractivity contribution in [3.05, 3.63) is 53.4 Å². The fourth-order valence-electron chi connectivity index (χ4n) is 3.65. The first-order chi connectivity index (χ1) is 14.1. The molecular weight excluding hydrogens is 368 g/mol. The molecule has 3 aromatic heterocycles. The fraction of sp³-hybridized carbons (Fsp3) is 0.500. The van der Waals surface area contributed by atoms with Crippen LogP contribution in [0.1, 0.15) is 48.5 Å². The van der Waals surface area contributed by atoms with Crippen molar-refractivity contribution < 1.29 is 5.11 Å². The van der Waals surface area contributed by atoms with Gasteiger partial charge in [-0.15, -0.1) is 0 Å². The maximum atomic E-state index is 10.7. The van der Waals surface area contributed by atoms with Gasteiger partial charge in [0, 0.05) is 63.9 Å². The minimum Gasteiger partial charge on any atom is -0.380 e. The molecule has 1 aliphatic rings. The van der Waals surface area contributed by atoms with Crippen molar-refractivity contribution in [3.63, 3.8) is 0 Å². The van der Waals surface area contributed by atoms with Gasteiger partial charge in [-0.05, 0) is 25.0 Å². The molecule has 0 saturated carbocycles. The van der Waals surface area contributed by atoms with Crippen molar-refractivity contribution in [2.24, 2.45) is 7.05 Å². The van der Waals surface area contributed by atoms with Crippen LogP contribution in [0.25, 0.3) is 0 Å². The number of fused-ring (bicyclic) bond motifs is 1. The number of hydrogen-bond acceptors (Lipinski definition) is 7. The maximum absolute atomic E-state index is 10.7. The predicted octanol–water partition coefficient (Wildman–Crippen LogP) is 1.72. The zero-order chi connectivity index (χ0) is 20.2. The van der Waals surface area contributed by atoms with E-state index >= 15 is 0 Å². The highest BCUT2D eigenvalue weighted by Crippen LogP contribution is 2.23. The molecule has 0 amide bonds. The summed E-state index contributed by atoms with van der Waals surface area (Å²) in [7, 11) is 1.83. The number of nitrogens with zero attached hydrogens (tertiary/aromatic N) is 7. The van der Waals surface area contributed by atoms with E-state index in [4.69, 9.17) is 0 Å². The van der Waals surface area contributed by atoms with Crippen LogP contribution >= 0.6 is 0 Å². The van der Waals surface area contributed by atoms with Crippen LogP contribution in [0.4, 0.5) is 5.95 Å². The molecule has 0 saturated heterocycles. The molecule has 0 radical (unpaired) electrons. The van der Waals surface area contributed by atoms with Gasteiger partial charge in [0.2, 0.25) is 5.95 Å². The Bertz CT molecular complexity index is 932. The Morgan fingerprint density at radius 1 is 1.24 bits per heavy atom. The molecule has 0 bridgehead atoms. The lowest BCUT2D eigenvalue weighted by molar-refractivity contribution is 0.203. The van der Waals surface area contributed by atoms with Crippen LogP contribution in [0, 0.1) is 0 Å². The van der Waals surface area contributed by atoms with Gasteiger partial charge < -0.3 is 10.4 Å². The summed E-state index contributed by atoms with van der Waals surface area (Å²) in [4.78, 5) is 11.2. The van der Waals surface area contributed by atoms with Crippen LogP contribution in [0.5, 0.6) is 0 Å². The smallest absolute Gasteiger partial charge is 0.222 e. The second-order valence-corrected chi connectivity index (χ2v) is 7.47. The number of aromatic nitrogens is 6. The third-order valence-corrected chi connectivity index (χ3v) is 5.18. The number of rotatable bonds is 7. The highest BCUT2D eigenvalue weighted by molar-refractivity contribution is 5.25. The van der Waals surface area contributed by atoms with E-state index in [-0.39, 0.29) is 0 Å². The van der Waals surface area contributed by atoms with Gasteiger partial charge in [-0.1, -0.05) is 6.92 Å². The van der Waals surface area contributed by atoms with Crippen LogP contribution in [0.2, 0.25) is 0 Å². The number of aliphatic hydroxyl groups is 1. The Labute approximate surface area is 170 Å². The zero-order valence-corrected chi connectivity index (χ0v) is 17.0. The Balaban J connectivity index is 1.44. The fourth-order valence-corrected chi connectivity index (χ4v) is 3.65. The van der Waals surface area contributed by atoms with Crippen molar-refractivity contribution in [3.8, 4) is 0 Å². The number of anilines is 1. The van der Waals surface area contributed by atoms with Gasteiger partial charge in [0.1, 0.15) is 6.10 Å². The Kier molecular flexibility index (Phi) is 5.86. The largest absolute Gasteiger partial charge is 0.380 e. The molecule has 0 spiro atoms. The van der Waals surface area contributed by atoms with Crippen molar-refractivity contribution >= 4 is 5.95 Å². The molecule has 154 valence electrons. The van der Waals surface area contributed by atoms with Gasteiger partial charge in [0.05, 0.1) is 17.1 Å². The van der Waals surface area contributed by atoms with Crippen LogP contribution in [0.3, 0.4) is 0 Å². The average Bonchev–Trinajstić information content (AvgIpc) is 3.28. The quantitative estimate of drug-likeness (QED) is 0.627. The van der Waals surface area contributed by atoms with Gasteiger partial charge >= 0.3 is 0 Å². The predicted molar refractivity (Wildman–Crippen MR) is 109 cm³/mol. The van der Waals surface area contributed by atoms with Crippen LogP contribution < -0.4 is 5.32 Å². The van der Waals surface area contributed by atoms with Crippen molar-refractivity contribution in [1.82, 2.24) is 34.4 Å². The summed E-state index contributed by atoms with van der Waals surface area (Å²) in [5, 5.41) is 22.7. The molecule has 2 N–H and O–H groups in total. The second-order valence-electron chi connectivity index (χ2n) is 7.47. The highest BCUT2D eigenvalue weighted by atomic mass is 16.3. The van der Waals surface area contributed by atoms with Crippen LogP contribution in [-0.4, -0.2) is 52.6 Å². The van der Waals surface area contributed by atoms with E-state index in [0.29, 0.717) is 11.6 Å². The molecule has 1 unspecified atom stereocenters. The van der Waals surface area contributed by atoms with Gasteiger partial charge in [0.25, 0.3) is 0 Å². The topological polar surface area (TPSA) is 96.9 Å². The van der Waals surface area contributed by atoms with Gasteiger partial charge in [-0.3, -0.25) is 14.3 Å². The number of nitrogens with one attached hydrogen (secondary N) is 1. The summed E-state index contributed by atoms with van der Waals surface area (Å²) in [5.74, 6) is 0.679. The summed E-state index contributed by atoms with van der Waals surface area (Å²) in [6.07, 6.45) is 6.76. The normalized spacial score (nSPS) is 15.7. The van der Waals surface area contributed by atoms with Gasteiger partial charge in [-0.2, -0.15) is 10.2 Å². The van der Waals surface area contributed by atoms with E-state index in [1.54, 1.807) is 10.9 Å². The molecule has 29 heavy (non-hydrogen) atoms. The van der Waals surface area contributed by atoms with E-state index in [2.05, 4.69) is 37.3 Å². The van der Waals surface area contributed by atoms with E-state index in [0.717, 1.165) is 62.5 Å². The van der Waals surface area contributed by atoms with E-state index in [1.165, 1.54) is 0 Å². The van der Waals surface area contributed by atoms with E-state index in [9.17, 15) is 5.11 Å². The molecule has 1 atom stereocenters. The Morgan fingerprint density at radius 2 is 2.07 bits per heavy atom. The summed E-state index contributed by atoms with van der Waals surface area (Å²) in [5.41, 5.74) is 3.61. The van der Waals surface area contributed by atoms with E-state index < -0.39 is 6.10 Å². The lowest BCUT2D eigenvalue weighted by Crippen LogP contribution is -2.23. The first-order valence-electron chi connectivity index (χ1n) is 10.1. The Morgan fingerprint density at radius 3 is 2.79 bits per heavy atom. The highest BCUT2D eigenvalue weighted by Gasteiger charge is 2.22. The number of aryl methyl sites for hydroxylation is 2. The molecule has 0 aromatic carbocycles. The first kappa shape index (κ1) is 19.5. The van der Waals surface area contributed by atoms with Crippen molar-refractivity contribution in [2.45, 2.75) is 45.5 Å². The molecule has 4 rings (SSSR count). The minimum atomic E-state index is -0.771. The molecule has 0 fully saturated rings. The number of hydrogen-bond donors (Lipinski definition) is 2. The summed E-state index contributed by atoms with van der Waals surface area (Å²) >= 11 is 0. The molecule has 4 heterocycles. The van der Waals surface area contributed by atoms with E-state index in [1.807, 2.05) is 36.3 Å². The molecule has 9 nitrogen and oxygen atoms in total. The molecule has 1 aliphatic heterocycles. The standard InChI is InChI=1S/C20H28N8O/c1-3-6-21-20-22-11-15(12-23-20)13-27-8-4-9-28-16(14-27)10-17(25-28)19(29)18-5-7-24-26(18)2/h5,7,10-12,19,29H,3-4,6,8-9,13-14H2,1-2H3,(H,21,22,23). The van der Waals surface area contributed by atoms with Crippen molar-refractivity contribution in [1.29, 1.82) is 0 Å². The molecule has 9 heteroatoms. The first-order valence-corrected chi connectivity index (χ1v) is 10.1. The summed E-state index contributed by atoms with van der Waals surface area (Å²) in [6.45, 7) is 6.40. The minimum absolute atomic E-state index is 0.667. The number of aliphatic hydroxyl groups excluding tert-OH is 1. The molecule has 3 aromatic rings. The Hall–Kier alpha value is -2.78. The average molecular weight is 396 g/mol. The third-order valence-electron chi connectivity index (χ3n) is 5.18. The zero-order valence-electron chi connectivity index (χ0n) is 17.0. The van der Waals surface area contributed by atoms with Crippen LogP contribution in [0.15, 0.2) is 30.7 Å². The second kappa shape index (κ2) is 8.71. The molecular formula is C20H28N8O. The van der Waals surface area contributed by atoms with Crippen molar-refractivity contribution in [2.75, 3.05) is 18.4 Å². The SMILES string of the molecule is CCCNc1ncc(CN2CCCn3nc(C(O)c4ccnn4C)cc3C2)cn1. The molecule has 0 aliphatic carbocycles. The lowest BCUT2D eigenvalue weighted by atomic mass is 10.2. The van der Waals surface area contributed by atoms with Gasteiger partial charge in [-0.25, -0.2) is 9.97 Å². The summed E-state index contributed by atoms with van der Waals surface area (Å²) < 4.78 is 3.70. The monoisotopic (exact) mass is 396 g/mol. The maximum Gasteiger partial charge on any atom is 0.222 e. The lowest BCUT2D eigenvalue weighted by Gasteiger charge is -2.19. The van der Waals surface area contributed by atoms with Gasteiger partial charge in [0.15, 0.2) is 0 Å². The summed E-state index contributed by atoms with van der Waals surface area (Å²) in [6, 6.07) is 3.82. The third kappa shape index (κ3) is 4.46. The van der Waals surface area contributed by atoms with Crippen LogP contribution in [-0.2, 0) is 26.7 Å².